The maximum absolute atomic E-state index is 13.2. The Bertz CT molecular complexity index is 1250. The molecule has 0 aliphatic heterocycles. The van der Waals surface area contributed by atoms with Crippen LogP contribution < -0.4 is 5.32 Å². The molecule has 0 saturated heterocycles. The molecule has 0 atom stereocenters. The minimum absolute atomic E-state index is 0.0250. The van der Waals surface area contributed by atoms with Gasteiger partial charge in [0, 0.05) is 17.3 Å². The van der Waals surface area contributed by atoms with Crippen LogP contribution in [-0.2, 0) is 0 Å². The Labute approximate surface area is 162 Å². The predicted molar refractivity (Wildman–Crippen MR) is 101 cm³/mol. The Morgan fingerprint density at radius 1 is 1.07 bits per heavy atom. The first-order valence-electron chi connectivity index (χ1n) is 8.41. The Balaban J connectivity index is 1.72. The van der Waals surface area contributed by atoms with Gasteiger partial charge in [-0.2, -0.15) is 9.61 Å². The van der Waals surface area contributed by atoms with Crippen molar-refractivity contribution in [3.63, 3.8) is 0 Å². The second kappa shape index (κ2) is 7.04. The van der Waals surface area contributed by atoms with E-state index < -0.39 is 17.7 Å². The molecule has 9 heteroatoms. The summed E-state index contributed by atoms with van der Waals surface area (Å²) < 4.78 is 14.3. The minimum Gasteiger partial charge on any atom is -0.493 e. The number of nitrogens with zero attached hydrogens (tertiary/aromatic N) is 3. The Morgan fingerprint density at radius 3 is 2.55 bits per heavy atom. The summed E-state index contributed by atoms with van der Waals surface area (Å²) in [5.41, 5.74) is 1.36. The van der Waals surface area contributed by atoms with Gasteiger partial charge >= 0.3 is 5.97 Å². The number of carboxylic acid groups (broad SMARTS) is 1. The van der Waals surface area contributed by atoms with Gasteiger partial charge < -0.3 is 15.5 Å². The highest BCUT2D eigenvalue weighted by Gasteiger charge is 2.18. The van der Waals surface area contributed by atoms with Crippen molar-refractivity contribution < 1.29 is 24.2 Å². The van der Waals surface area contributed by atoms with Crippen molar-refractivity contribution in [2.45, 2.75) is 0 Å². The molecular weight excluding hydrogens is 379 g/mol. The SMILES string of the molecule is O=C(O)c1cccc(NC(=O)c2cnn3c(O)cc(-c4ccc(F)cc4)nc23)c1. The molecule has 144 valence electrons. The third-order valence-corrected chi connectivity index (χ3v) is 4.21. The third-order valence-electron chi connectivity index (χ3n) is 4.21. The van der Waals surface area contributed by atoms with E-state index in [4.69, 9.17) is 5.11 Å². The number of hydrogen-bond acceptors (Lipinski definition) is 5. The summed E-state index contributed by atoms with van der Waals surface area (Å²) in [6.45, 7) is 0. The van der Waals surface area contributed by atoms with Crippen LogP contribution in [0.15, 0.2) is 60.8 Å². The first-order valence-corrected chi connectivity index (χ1v) is 8.41. The molecule has 2 aromatic heterocycles. The zero-order valence-electron chi connectivity index (χ0n) is 14.7. The molecule has 8 nitrogen and oxygen atoms in total. The van der Waals surface area contributed by atoms with Crippen LogP contribution >= 0.6 is 0 Å². The van der Waals surface area contributed by atoms with Crippen molar-refractivity contribution in [2.75, 3.05) is 5.32 Å². The molecule has 29 heavy (non-hydrogen) atoms. The molecule has 4 rings (SSSR count). The van der Waals surface area contributed by atoms with Gasteiger partial charge in [-0.25, -0.2) is 14.2 Å². The summed E-state index contributed by atoms with van der Waals surface area (Å²) in [5.74, 6) is -2.35. The highest BCUT2D eigenvalue weighted by atomic mass is 19.1. The first-order chi connectivity index (χ1) is 13.9. The summed E-state index contributed by atoms with van der Waals surface area (Å²) in [4.78, 5) is 28.1. The van der Waals surface area contributed by atoms with Crippen LogP contribution in [0.25, 0.3) is 16.9 Å². The van der Waals surface area contributed by atoms with E-state index in [0.717, 1.165) is 4.52 Å². The molecule has 0 saturated carbocycles. The molecule has 2 aromatic carbocycles. The van der Waals surface area contributed by atoms with Crippen LogP contribution in [0, 0.1) is 5.82 Å². The summed E-state index contributed by atoms with van der Waals surface area (Å²) in [5, 5.41) is 25.9. The maximum Gasteiger partial charge on any atom is 0.335 e. The molecule has 2 heterocycles. The highest BCUT2D eigenvalue weighted by Crippen LogP contribution is 2.25. The number of hydrogen-bond donors (Lipinski definition) is 3. The number of carbonyl (C=O) groups excluding carboxylic acids is 1. The van der Waals surface area contributed by atoms with E-state index >= 15 is 0 Å². The van der Waals surface area contributed by atoms with Crippen LogP contribution in [0.5, 0.6) is 5.88 Å². The zero-order chi connectivity index (χ0) is 20.5. The van der Waals surface area contributed by atoms with Crippen molar-refractivity contribution in [2.24, 2.45) is 0 Å². The number of carboxylic acids is 1. The van der Waals surface area contributed by atoms with E-state index in [9.17, 15) is 19.1 Å². The lowest BCUT2D eigenvalue weighted by Gasteiger charge is -2.07. The molecule has 1 amide bonds. The Hall–Kier alpha value is -4.27. The molecule has 0 aliphatic rings. The summed E-state index contributed by atoms with van der Waals surface area (Å²) in [6.07, 6.45) is 1.24. The number of aromatic hydroxyl groups is 1. The van der Waals surface area contributed by atoms with Gasteiger partial charge in [0.1, 0.15) is 11.4 Å². The van der Waals surface area contributed by atoms with Crippen LogP contribution in [-0.4, -0.2) is 36.7 Å². The number of amides is 1. The number of fused-ring (bicyclic) bond motifs is 1. The fraction of sp³-hybridized carbons (Fsp3) is 0. The largest absolute Gasteiger partial charge is 0.493 e. The van der Waals surface area contributed by atoms with Gasteiger partial charge in [0.25, 0.3) is 5.91 Å². The quantitative estimate of drug-likeness (QED) is 0.491. The van der Waals surface area contributed by atoms with Crippen molar-refractivity contribution in [3.05, 3.63) is 77.7 Å². The lowest BCUT2D eigenvalue weighted by atomic mass is 10.1. The van der Waals surface area contributed by atoms with Gasteiger partial charge in [-0.1, -0.05) is 6.07 Å². The third kappa shape index (κ3) is 3.48. The monoisotopic (exact) mass is 392 g/mol. The second-order valence-corrected chi connectivity index (χ2v) is 6.14. The van der Waals surface area contributed by atoms with Gasteiger partial charge in [0.2, 0.25) is 5.88 Å². The lowest BCUT2D eigenvalue weighted by Crippen LogP contribution is -2.12. The van der Waals surface area contributed by atoms with E-state index in [1.165, 1.54) is 54.7 Å². The average molecular weight is 392 g/mol. The number of aromatic carboxylic acids is 1. The number of anilines is 1. The van der Waals surface area contributed by atoms with Gasteiger partial charge in [-0.05, 0) is 42.5 Å². The fourth-order valence-electron chi connectivity index (χ4n) is 2.80. The van der Waals surface area contributed by atoms with Crippen molar-refractivity contribution >= 4 is 23.2 Å². The molecule has 0 aliphatic carbocycles. The van der Waals surface area contributed by atoms with Gasteiger partial charge in [0.15, 0.2) is 5.65 Å². The maximum atomic E-state index is 13.2. The number of benzene rings is 2. The molecule has 0 fully saturated rings. The van der Waals surface area contributed by atoms with Crippen molar-refractivity contribution in [1.82, 2.24) is 14.6 Å². The molecule has 0 bridgehead atoms. The summed E-state index contributed by atoms with van der Waals surface area (Å²) in [6, 6.07) is 12.7. The van der Waals surface area contributed by atoms with E-state index in [1.54, 1.807) is 6.07 Å². The minimum atomic E-state index is -1.12. The normalized spacial score (nSPS) is 10.8. The molecule has 0 unspecified atom stereocenters. The molecule has 3 N–H and O–H groups in total. The van der Waals surface area contributed by atoms with Gasteiger partial charge in [0.05, 0.1) is 17.5 Å². The van der Waals surface area contributed by atoms with E-state index in [0.29, 0.717) is 11.3 Å². The number of halogens is 1. The van der Waals surface area contributed by atoms with Crippen LogP contribution in [0.3, 0.4) is 0 Å². The number of nitrogens with one attached hydrogen (secondary N) is 1. The Kier molecular flexibility index (Phi) is 4.40. The van der Waals surface area contributed by atoms with Crippen molar-refractivity contribution in [3.8, 4) is 17.1 Å². The molecule has 0 spiro atoms. The molecule has 4 aromatic rings. The van der Waals surface area contributed by atoms with Crippen LogP contribution in [0.4, 0.5) is 10.1 Å². The van der Waals surface area contributed by atoms with E-state index in [1.807, 2.05) is 0 Å². The second-order valence-electron chi connectivity index (χ2n) is 6.14. The smallest absolute Gasteiger partial charge is 0.335 e. The predicted octanol–water partition coefficient (Wildman–Crippen LogP) is 3.19. The summed E-state index contributed by atoms with van der Waals surface area (Å²) in [7, 11) is 0. The molecule has 0 radical (unpaired) electrons. The summed E-state index contributed by atoms with van der Waals surface area (Å²) >= 11 is 0. The van der Waals surface area contributed by atoms with E-state index in [-0.39, 0.29) is 28.3 Å². The molecular formula is C20H13FN4O4. The van der Waals surface area contributed by atoms with Crippen LogP contribution in [0.1, 0.15) is 20.7 Å². The highest BCUT2D eigenvalue weighted by molar-refractivity contribution is 6.08. The number of aromatic nitrogens is 3. The van der Waals surface area contributed by atoms with Crippen molar-refractivity contribution in [1.29, 1.82) is 0 Å². The number of rotatable bonds is 4. The number of carbonyl (C=O) groups is 2. The van der Waals surface area contributed by atoms with Crippen LogP contribution in [0.2, 0.25) is 0 Å². The van der Waals surface area contributed by atoms with Gasteiger partial charge in [-0.15, -0.1) is 0 Å². The lowest BCUT2D eigenvalue weighted by molar-refractivity contribution is 0.0696. The standard InChI is InChI=1S/C20H13FN4O4/c21-13-6-4-11(5-7-13)16-9-17(26)25-18(24-16)15(10-22-25)19(27)23-14-3-1-2-12(8-14)20(28)29/h1-10,26H,(H,23,27)(H,28,29). The average Bonchev–Trinajstić information content (AvgIpc) is 3.13. The zero-order valence-corrected chi connectivity index (χ0v) is 14.7. The first kappa shape index (κ1) is 18.1. The van der Waals surface area contributed by atoms with Gasteiger partial charge in [-0.3, -0.25) is 4.79 Å². The fourth-order valence-corrected chi connectivity index (χ4v) is 2.80. The van der Waals surface area contributed by atoms with E-state index in [2.05, 4.69) is 15.4 Å². The Morgan fingerprint density at radius 2 is 1.83 bits per heavy atom. The topological polar surface area (TPSA) is 117 Å².